The monoisotopic (exact) mass is 423 g/mol. The van der Waals surface area contributed by atoms with Crippen LogP contribution in [-0.2, 0) is 6.54 Å². The van der Waals surface area contributed by atoms with E-state index in [-0.39, 0.29) is 11.9 Å². The summed E-state index contributed by atoms with van der Waals surface area (Å²) in [6.07, 6.45) is 5.96. The molecular weight excluding hydrogens is 402 g/mol. The van der Waals surface area contributed by atoms with Gasteiger partial charge in [0.05, 0.1) is 16.3 Å². The minimum Gasteiger partial charge on any atom is -0.362 e. The number of thiophene rings is 2. The fourth-order valence-corrected chi connectivity index (χ4v) is 5.12. The van der Waals surface area contributed by atoms with E-state index in [9.17, 15) is 4.79 Å². The van der Waals surface area contributed by atoms with Gasteiger partial charge in [0.2, 0.25) is 0 Å². The van der Waals surface area contributed by atoms with Crippen molar-refractivity contribution in [3.63, 3.8) is 0 Å². The Labute approximate surface area is 177 Å². The van der Waals surface area contributed by atoms with Crippen LogP contribution in [0.4, 0.5) is 5.82 Å². The number of rotatable bonds is 7. The standard InChI is InChI=1S/C21H21N5OS2/c1-3-15(16-7-5-9-28-16)26-19-17-13(2)18(29-21(17)25-12-24-19)20(27)23-11-14-6-4-8-22-10-14/h4-10,12,15H,3,11H2,1-2H3,(H,23,27)(H,24,25,26)/t15-/m0/s1. The highest BCUT2D eigenvalue weighted by Crippen LogP contribution is 2.35. The molecule has 0 unspecified atom stereocenters. The highest BCUT2D eigenvalue weighted by Gasteiger charge is 2.21. The van der Waals surface area contributed by atoms with Gasteiger partial charge in [-0.15, -0.1) is 22.7 Å². The second-order valence-corrected chi connectivity index (χ2v) is 8.60. The van der Waals surface area contributed by atoms with Crippen LogP contribution in [0.25, 0.3) is 10.2 Å². The van der Waals surface area contributed by atoms with E-state index in [1.54, 1.807) is 30.1 Å². The Kier molecular flexibility index (Phi) is 5.82. The van der Waals surface area contributed by atoms with Crippen molar-refractivity contribution >= 4 is 44.6 Å². The molecule has 0 spiro atoms. The summed E-state index contributed by atoms with van der Waals surface area (Å²) in [4.78, 5) is 28.5. The van der Waals surface area contributed by atoms with Crippen molar-refractivity contribution in [3.05, 3.63) is 69.2 Å². The molecule has 1 atom stereocenters. The first kappa shape index (κ1) is 19.5. The Balaban J connectivity index is 1.60. The number of nitrogens with one attached hydrogen (secondary N) is 2. The van der Waals surface area contributed by atoms with Gasteiger partial charge in [-0.25, -0.2) is 9.97 Å². The number of carbonyl (C=O) groups is 1. The van der Waals surface area contributed by atoms with Crippen molar-refractivity contribution in [1.29, 1.82) is 0 Å². The van der Waals surface area contributed by atoms with Crippen molar-refractivity contribution in [2.45, 2.75) is 32.9 Å². The van der Waals surface area contributed by atoms with Gasteiger partial charge in [-0.1, -0.05) is 19.1 Å². The topological polar surface area (TPSA) is 79.8 Å². The molecule has 0 aliphatic rings. The van der Waals surface area contributed by atoms with Gasteiger partial charge in [0, 0.05) is 23.8 Å². The molecule has 4 heterocycles. The average molecular weight is 424 g/mol. The predicted octanol–water partition coefficient (Wildman–Crippen LogP) is 4.95. The number of aryl methyl sites for hydroxylation is 1. The molecule has 0 saturated heterocycles. The number of hydrogen-bond donors (Lipinski definition) is 2. The molecule has 4 aromatic heterocycles. The molecule has 8 heteroatoms. The van der Waals surface area contributed by atoms with Crippen LogP contribution in [0.3, 0.4) is 0 Å². The Morgan fingerprint density at radius 2 is 2.14 bits per heavy atom. The van der Waals surface area contributed by atoms with Gasteiger partial charge in [0.1, 0.15) is 17.0 Å². The van der Waals surface area contributed by atoms with Gasteiger partial charge >= 0.3 is 0 Å². The number of nitrogens with zero attached hydrogens (tertiary/aromatic N) is 3. The summed E-state index contributed by atoms with van der Waals surface area (Å²) in [6.45, 7) is 4.54. The summed E-state index contributed by atoms with van der Waals surface area (Å²) in [5.74, 6) is 0.668. The van der Waals surface area contributed by atoms with E-state index in [1.807, 2.05) is 19.1 Å². The van der Waals surface area contributed by atoms with Crippen LogP contribution in [0.15, 0.2) is 48.4 Å². The van der Waals surface area contributed by atoms with E-state index in [4.69, 9.17) is 0 Å². The lowest BCUT2D eigenvalue weighted by Gasteiger charge is -2.16. The lowest BCUT2D eigenvalue weighted by molar-refractivity contribution is 0.0954. The van der Waals surface area contributed by atoms with Crippen LogP contribution in [0.5, 0.6) is 0 Å². The molecule has 0 radical (unpaired) electrons. The Morgan fingerprint density at radius 3 is 2.86 bits per heavy atom. The first-order chi connectivity index (χ1) is 14.2. The molecule has 29 heavy (non-hydrogen) atoms. The summed E-state index contributed by atoms with van der Waals surface area (Å²) in [5.41, 5.74) is 1.86. The number of hydrogen-bond acceptors (Lipinski definition) is 7. The quantitative estimate of drug-likeness (QED) is 0.440. The molecule has 148 valence electrons. The second-order valence-electron chi connectivity index (χ2n) is 6.62. The van der Waals surface area contributed by atoms with E-state index in [1.165, 1.54) is 16.2 Å². The molecule has 0 saturated carbocycles. The van der Waals surface area contributed by atoms with Crippen LogP contribution in [0.1, 0.15) is 45.1 Å². The summed E-state index contributed by atoms with van der Waals surface area (Å²) >= 11 is 3.12. The maximum absolute atomic E-state index is 12.8. The molecule has 0 bridgehead atoms. The summed E-state index contributed by atoms with van der Waals surface area (Å²) in [7, 11) is 0. The highest BCUT2D eigenvalue weighted by atomic mass is 32.1. The van der Waals surface area contributed by atoms with Gasteiger partial charge in [0.25, 0.3) is 5.91 Å². The zero-order chi connectivity index (χ0) is 20.2. The van der Waals surface area contributed by atoms with Gasteiger partial charge in [-0.2, -0.15) is 0 Å². The lowest BCUT2D eigenvalue weighted by atomic mass is 10.1. The number of anilines is 1. The molecule has 0 aliphatic heterocycles. The van der Waals surface area contributed by atoms with E-state index in [2.05, 4.69) is 50.0 Å². The van der Waals surface area contributed by atoms with E-state index in [0.29, 0.717) is 11.4 Å². The zero-order valence-corrected chi connectivity index (χ0v) is 17.8. The van der Waals surface area contributed by atoms with Crippen molar-refractivity contribution in [2.75, 3.05) is 5.32 Å². The maximum atomic E-state index is 12.8. The minimum absolute atomic E-state index is 0.106. The molecule has 2 N–H and O–H groups in total. The van der Waals surface area contributed by atoms with Crippen molar-refractivity contribution in [1.82, 2.24) is 20.3 Å². The largest absolute Gasteiger partial charge is 0.362 e. The Bertz CT molecular complexity index is 1110. The zero-order valence-electron chi connectivity index (χ0n) is 16.2. The molecule has 1 amide bonds. The molecule has 4 aromatic rings. The molecule has 0 aromatic carbocycles. The molecule has 4 rings (SSSR count). The third kappa shape index (κ3) is 4.13. The summed E-state index contributed by atoms with van der Waals surface area (Å²) < 4.78 is 0. The first-order valence-corrected chi connectivity index (χ1v) is 11.1. The number of carbonyl (C=O) groups excluding carboxylic acids is 1. The number of amides is 1. The fraction of sp³-hybridized carbons (Fsp3) is 0.238. The van der Waals surface area contributed by atoms with E-state index in [0.717, 1.165) is 33.6 Å². The van der Waals surface area contributed by atoms with Gasteiger partial charge < -0.3 is 10.6 Å². The Morgan fingerprint density at radius 1 is 1.24 bits per heavy atom. The van der Waals surface area contributed by atoms with E-state index < -0.39 is 0 Å². The fourth-order valence-electron chi connectivity index (χ4n) is 3.19. The van der Waals surface area contributed by atoms with Crippen LogP contribution < -0.4 is 10.6 Å². The number of fused-ring (bicyclic) bond motifs is 1. The second kappa shape index (κ2) is 8.67. The van der Waals surface area contributed by atoms with Crippen LogP contribution >= 0.6 is 22.7 Å². The van der Waals surface area contributed by atoms with Crippen molar-refractivity contribution in [2.24, 2.45) is 0 Å². The van der Waals surface area contributed by atoms with Gasteiger partial charge in [-0.05, 0) is 42.0 Å². The predicted molar refractivity (Wildman–Crippen MR) is 119 cm³/mol. The van der Waals surface area contributed by atoms with Crippen molar-refractivity contribution in [3.8, 4) is 0 Å². The Hall–Kier alpha value is -2.84. The van der Waals surface area contributed by atoms with Crippen LogP contribution in [0, 0.1) is 6.92 Å². The summed E-state index contributed by atoms with van der Waals surface area (Å²) in [6, 6.07) is 8.16. The van der Waals surface area contributed by atoms with Crippen molar-refractivity contribution < 1.29 is 4.79 Å². The minimum atomic E-state index is -0.106. The molecule has 6 nitrogen and oxygen atoms in total. The van der Waals surface area contributed by atoms with Gasteiger partial charge in [0.15, 0.2) is 0 Å². The van der Waals surface area contributed by atoms with Crippen LogP contribution in [-0.4, -0.2) is 20.9 Å². The molecule has 0 aliphatic carbocycles. The number of pyridine rings is 1. The smallest absolute Gasteiger partial charge is 0.261 e. The first-order valence-electron chi connectivity index (χ1n) is 9.38. The third-order valence-corrected chi connectivity index (χ3v) is 6.90. The van der Waals surface area contributed by atoms with Crippen LogP contribution in [0.2, 0.25) is 0 Å². The average Bonchev–Trinajstić information content (AvgIpc) is 3.40. The third-order valence-electron chi connectivity index (χ3n) is 4.71. The maximum Gasteiger partial charge on any atom is 0.261 e. The molecular formula is C21H21N5OS2. The van der Waals surface area contributed by atoms with E-state index >= 15 is 0 Å². The molecule has 0 fully saturated rings. The summed E-state index contributed by atoms with van der Waals surface area (Å²) in [5, 5.41) is 9.52. The normalized spacial score (nSPS) is 12.1. The highest BCUT2D eigenvalue weighted by molar-refractivity contribution is 7.20. The van der Waals surface area contributed by atoms with Gasteiger partial charge in [-0.3, -0.25) is 9.78 Å². The number of aromatic nitrogens is 3. The lowest BCUT2D eigenvalue weighted by Crippen LogP contribution is -2.22. The SMILES string of the molecule is CC[C@H](Nc1ncnc2sc(C(=O)NCc3cccnc3)c(C)c12)c1cccs1.